The zero-order valence-corrected chi connectivity index (χ0v) is 6.38. The van der Waals surface area contributed by atoms with E-state index >= 15 is 0 Å². The van der Waals surface area contributed by atoms with E-state index in [1.165, 1.54) is 6.07 Å². The summed E-state index contributed by atoms with van der Waals surface area (Å²) in [6.45, 7) is 0.208. The van der Waals surface area contributed by atoms with E-state index in [2.05, 4.69) is 10.2 Å². The van der Waals surface area contributed by atoms with Crippen LogP contribution in [0.4, 0.5) is 10.5 Å². The molecule has 0 aliphatic carbocycles. The Hall–Kier alpha value is -2.05. The molecule has 2 heterocycles. The minimum atomic E-state index is -0.589. The molecule has 0 radical (unpaired) electrons. The van der Waals surface area contributed by atoms with Crippen LogP contribution in [0.15, 0.2) is 22.5 Å². The van der Waals surface area contributed by atoms with Gasteiger partial charge in [0.25, 0.3) is 5.69 Å². The van der Waals surface area contributed by atoms with Crippen LogP contribution < -0.4 is 0 Å². The zero-order valence-electron chi connectivity index (χ0n) is 6.38. The first-order chi connectivity index (χ1) is 6.18. The van der Waals surface area contributed by atoms with Gasteiger partial charge in [0, 0.05) is 6.07 Å². The lowest BCUT2D eigenvalue weighted by atomic mass is 10.4. The normalized spacial score (nSPS) is 14.3. The van der Waals surface area contributed by atoms with Crippen LogP contribution in [0.5, 0.6) is 0 Å². The molecule has 1 aromatic heterocycles. The Bertz CT molecular complexity index is 420. The van der Waals surface area contributed by atoms with Gasteiger partial charge in [-0.3, -0.25) is 14.7 Å². The second kappa shape index (κ2) is 2.47. The first-order valence-corrected chi connectivity index (χ1v) is 3.46. The third-order valence-corrected chi connectivity index (χ3v) is 1.69. The van der Waals surface area contributed by atoms with Crippen molar-refractivity contribution in [2.24, 2.45) is 10.2 Å². The Labute approximate surface area is 71.8 Å². The van der Waals surface area contributed by atoms with E-state index in [1.54, 1.807) is 0 Å². The number of aromatic nitrogens is 1. The number of amides is 1. The predicted molar refractivity (Wildman–Crippen MR) is 40.4 cm³/mol. The van der Waals surface area contributed by atoms with Crippen LogP contribution in [0, 0.1) is 10.1 Å². The summed E-state index contributed by atoms with van der Waals surface area (Å²) in [7, 11) is 0. The first-order valence-electron chi connectivity index (χ1n) is 3.46. The summed E-state index contributed by atoms with van der Waals surface area (Å²) in [5.74, 6) is 0. The molecule has 0 spiro atoms. The molecule has 1 aliphatic rings. The van der Waals surface area contributed by atoms with Gasteiger partial charge in [-0.15, -0.1) is 0 Å². The molecule has 0 saturated carbocycles. The van der Waals surface area contributed by atoms with Crippen LogP contribution in [0.3, 0.4) is 0 Å². The van der Waals surface area contributed by atoms with E-state index in [0.717, 1.165) is 10.8 Å². The smallest absolute Gasteiger partial charge is 0.261 e. The molecule has 2 rings (SSSR count). The van der Waals surface area contributed by atoms with Gasteiger partial charge in [-0.05, 0) is 0 Å². The maximum absolute atomic E-state index is 11.0. The molecule has 0 atom stereocenters. The number of hydrogen-bond donors (Lipinski definition) is 0. The summed E-state index contributed by atoms with van der Waals surface area (Å²) < 4.78 is 1.13. The van der Waals surface area contributed by atoms with Gasteiger partial charge in [-0.25, -0.2) is 4.79 Å². The summed E-state index contributed by atoms with van der Waals surface area (Å²) in [4.78, 5) is 20.8. The number of carbonyl (C=O) groups excluding carboxylic acids is 1. The minimum Gasteiger partial charge on any atom is -0.261 e. The predicted octanol–water partition coefficient (Wildman–Crippen LogP) is 1.33. The van der Waals surface area contributed by atoms with E-state index in [0.29, 0.717) is 5.69 Å². The molecule has 1 aromatic rings. The van der Waals surface area contributed by atoms with Crippen molar-refractivity contribution in [2.75, 3.05) is 0 Å². The molecule has 0 bridgehead atoms. The number of fused-ring (bicyclic) bond motifs is 1. The molecule has 0 N–H and O–H groups in total. The SMILES string of the molecule is O=C1N=NCc2cc([N+](=O)[O-])cn21. The van der Waals surface area contributed by atoms with Crippen LogP contribution >= 0.6 is 0 Å². The lowest BCUT2D eigenvalue weighted by Gasteiger charge is -2.03. The second-order valence-corrected chi connectivity index (χ2v) is 2.50. The number of azo groups is 1. The first kappa shape index (κ1) is 7.59. The van der Waals surface area contributed by atoms with Gasteiger partial charge in [-0.1, -0.05) is 5.11 Å². The van der Waals surface area contributed by atoms with Gasteiger partial charge in [0.1, 0.15) is 6.54 Å². The zero-order chi connectivity index (χ0) is 9.42. The highest BCUT2D eigenvalue weighted by molar-refractivity contribution is 5.79. The van der Waals surface area contributed by atoms with Crippen LogP contribution in [0.2, 0.25) is 0 Å². The van der Waals surface area contributed by atoms with Crippen molar-refractivity contribution in [2.45, 2.75) is 6.54 Å². The summed E-state index contributed by atoms with van der Waals surface area (Å²) in [6.07, 6.45) is 1.15. The molecule has 0 unspecified atom stereocenters. The van der Waals surface area contributed by atoms with Crippen molar-refractivity contribution in [3.8, 4) is 0 Å². The van der Waals surface area contributed by atoms with Crippen LogP contribution in [0.25, 0.3) is 0 Å². The third kappa shape index (κ3) is 1.10. The molecule has 7 heteroatoms. The van der Waals surface area contributed by atoms with Crippen LogP contribution in [-0.2, 0) is 6.54 Å². The minimum absolute atomic E-state index is 0.115. The van der Waals surface area contributed by atoms with Crippen LogP contribution in [0.1, 0.15) is 5.69 Å². The number of nitro groups is 1. The third-order valence-electron chi connectivity index (χ3n) is 1.69. The summed E-state index contributed by atoms with van der Waals surface area (Å²) in [6, 6.07) is 0.727. The monoisotopic (exact) mass is 180 g/mol. The lowest BCUT2D eigenvalue weighted by molar-refractivity contribution is -0.384. The van der Waals surface area contributed by atoms with Gasteiger partial charge >= 0.3 is 6.03 Å². The molecular weight excluding hydrogens is 176 g/mol. The quantitative estimate of drug-likeness (QED) is 0.482. The van der Waals surface area contributed by atoms with Gasteiger partial charge in [0.05, 0.1) is 16.8 Å². The average Bonchev–Trinajstić information content (AvgIpc) is 2.49. The average molecular weight is 180 g/mol. The van der Waals surface area contributed by atoms with Gasteiger partial charge < -0.3 is 0 Å². The Kier molecular flexibility index (Phi) is 1.44. The van der Waals surface area contributed by atoms with Crippen molar-refractivity contribution >= 4 is 11.7 Å². The summed E-state index contributed by atoms with van der Waals surface area (Å²) in [5.41, 5.74) is 0.377. The fraction of sp³-hybridized carbons (Fsp3) is 0.167. The number of hydrogen-bond acceptors (Lipinski definition) is 4. The maximum Gasteiger partial charge on any atom is 0.370 e. The van der Waals surface area contributed by atoms with Crippen molar-refractivity contribution in [1.29, 1.82) is 0 Å². The van der Waals surface area contributed by atoms with E-state index in [-0.39, 0.29) is 12.2 Å². The van der Waals surface area contributed by atoms with E-state index in [9.17, 15) is 14.9 Å². The highest BCUT2D eigenvalue weighted by Crippen LogP contribution is 2.19. The molecule has 0 saturated heterocycles. The van der Waals surface area contributed by atoms with E-state index in [4.69, 9.17) is 0 Å². The van der Waals surface area contributed by atoms with Gasteiger partial charge in [-0.2, -0.15) is 5.11 Å². The standard InChI is InChI=1S/C6H4N4O3/c11-6-8-7-2-4-1-5(10(12)13)3-9(4)6/h1,3H,2H2. The Morgan fingerprint density at radius 3 is 3.00 bits per heavy atom. The summed E-state index contributed by atoms with van der Waals surface area (Å²) in [5, 5.41) is 17.1. The lowest BCUT2D eigenvalue weighted by Crippen LogP contribution is -2.11. The van der Waals surface area contributed by atoms with Crippen LogP contribution in [-0.4, -0.2) is 15.5 Å². The largest absolute Gasteiger partial charge is 0.370 e. The molecular formula is C6H4N4O3. The van der Waals surface area contributed by atoms with E-state index < -0.39 is 11.0 Å². The molecule has 1 amide bonds. The van der Waals surface area contributed by atoms with Crippen molar-refractivity contribution in [3.63, 3.8) is 0 Å². The molecule has 0 fully saturated rings. The fourth-order valence-electron chi connectivity index (χ4n) is 1.11. The van der Waals surface area contributed by atoms with Crippen molar-refractivity contribution in [1.82, 2.24) is 4.57 Å². The number of carbonyl (C=O) groups is 1. The maximum atomic E-state index is 11.0. The van der Waals surface area contributed by atoms with E-state index in [1.807, 2.05) is 0 Å². The highest BCUT2D eigenvalue weighted by atomic mass is 16.6. The molecule has 7 nitrogen and oxygen atoms in total. The molecule has 13 heavy (non-hydrogen) atoms. The second-order valence-electron chi connectivity index (χ2n) is 2.50. The summed E-state index contributed by atoms with van der Waals surface area (Å²) >= 11 is 0. The van der Waals surface area contributed by atoms with Crippen molar-refractivity contribution < 1.29 is 9.72 Å². The Morgan fingerprint density at radius 1 is 1.62 bits per heavy atom. The fourth-order valence-corrected chi connectivity index (χ4v) is 1.11. The Balaban J connectivity index is 2.51. The Morgan fingerprint density at radius 2 is 2.38 bits per heavy atom. The molecule has 66 valence electrons. The van der Waals surface area contributed by atoms with Gasteiger partial charge in [0.15, 0.2) is 0 Å². The number of nitrogens with zero attached hydrogens (tertiary/aromatic N) is 4. The highest BCUT2D eigenvalue weighted by Gasteiger charge is 2.20. The topological polar surface area (TPSA) is 89.9 Å². The van der Waals surface area contributed by atoms with Crippen molar-refractivity contribution in [3.05, 3.63) is 28.1 Å². The molecule has 0 aromatic carbocycles. The number of rotatable bonds is 1. The van der Waals surface area contributed by atoms with Gasteiger partial charge in [0.2, 0.25) is 0 Å². The molecule has 1 aliphatic heterocycles.